The van der Waals surface area contributed by atoms with Crippen molar-refractivity contribution in [1.82, 2.24) is 24.5 Å². The Hall–Kier alpha value is -9.06. The van der Waals surface area contributed by atoms with E-state index in [1.165, 1.54) is 5.56 Å². The first-order chi connectivity index (χ1) is 33.2. The molecule has 5 heteroatoms. The average Bonchev–Trinajstić information content (AvgIpc) is 3.76. The summed E-state index contributed by atoms with van der Waals surface area (Å²) in [4.78, 5) is 20.8. The highest BCUT2D eigenvalue weighted by Gasteiger charge is 2.20. The van der Waals surface area contributed by atoms with Gasteiger partial charge in [-0.2, -0.15) is 0 Å². The highest BCUT2D eigenvalue weighted by molar-refractivity contribution is 6.16. The molecular formula is C62H41N5. The number of hydrogen-bond acceptors (Lipinski definition) is 4. The van der Waals surface area contributed by atoms with Gasteiger partial charge in [0.1, 0.15) is 0 Å². The normalized spacial score (nSPS) is 11.3. The molecule has 9 aromatic carbocycles. The van der Waals surface area contributed by atoms with Crippen LogP contribution in [0.5, 0.6) is 0 Å². The predicted molar refractivity (Wildman–Crippen MR) is 275 cm³/mol. The maximum absolute atomic E-state index is 5.19. The monoisotopic (exact) mass is 855 g/mol. The molecule has 0 fully saturated rings. The molecule has 0 radical (unpaired) electrons. The zero-order valence-corrected chi connectivity index (χ0v) is 36.4. The maximum Gasteiger partial charge on any atom is 0.160 e. The predicted octanol–water partition coefficient (Wildman–Crippen LogP) is 15.7. The summed E-state index contributed by atoms with van der Waals surface area (Å²) in [7, 11) is 0. The summed E-state index contributed by atoms with van der Waals surface area (Å²) in [6, 6.07) is 86.9. The standard InChI is InChI=1S/C62H41N5/c1-6-19-42(20-7-1)47-35-36-58-53(39-47)60-52(48-29-16-30-49(37-48)61-63-54(43-21-8-2-9-22-43)40-55(64-61)44-23-10-3-11-24-44)33-18-34-59(60)67(58)51-32-17-31-50(38-51)62-65-56(45-25-12-4-13-26-45)41-57(66-62)46-27-14-5-15-28-46/h1-41H. The fourth-order valence-corrected chi connectivity index (χ4v) is 9.19. The quantitative estimate of drug-likeness (QED) is 0.145. The minimum atomic E-state index is 0.667. The van der Waals surface area contributed by atoms with Crippen molar-refractivity contribution < 1.29 is 0 Å². The molecule has 0 aliphatic heterocycles. The van der Waals surface area contributed by atoms with E-state index in [4.69, 9.17) is 19.9 Å². The minimum Gasteiger partial charge on any atom is -0.309 e. The molecule has 0 aliphatic rings. The number of rotatable bonds is 9. The number of benzene rings is 9. The SMILES string of the molecule is c1ccc(-c2ccc3c(c2)c2c(-c4cccc(-c5nc(-c6ccccc6)cc(-c6ccccc6)n5)c4)cccc2n3-c2cccc(-c3nc(-c4ccccc4)cc(-c4ccccc4)n3)c2)cc1. The summed E-state index contributed by atoms with van der Waals surface area (Å²) in [5, 5.41) is 2.32. The molecule has 12 rings (SSSR count). The molecule has 3 heterocycles. The largest absolute Gasteiger partial charge is 0.309 e. The zero-order chi connectivity index (χ0) is 44.5. The Morgan fingerprint density at radius 3 is 1.18 bits per heavy atom. The fourth-order valence-electron chi connectivity index (χ4n) is 9.19. The molecule has 0 N–H and O–H groups in total. The van der Waals surface area contributed by atoms with Crippen LogP contribution >= 0.6 is 0 Å². The molecule has 0 bridgehead atoms. The van der Waals surface area contributed by atoms with Crippen molar-refractivity contribution in [2.24, 2.45) is 0 Å². The molecule has 0 saturated heterocycles. The smallest absolute Gasteiger partial charge is 0.160 e. The van der Waals surface area contributed by atoms with Crippen molar-refractivity contribution in [1.29, 1.82) is 0 Å². The topological polar surface area (TPSA) is 56.5 Å². The molecule has 0 atom stereocenters. The molecule has 5 nitrogen and oxygen atoms in total. The van der Waals surface area contributed by atoms with Crippen LogP contribution in [0.2, 0.25) is 0 Å². The first-order valence-electron chi connectivity index (χ1n) is 22.5. The lowest BCUT2D eigenvalue weighted by molar-refractivity contribution is 1.16. The van der Waals surface area contributed by atoms with E-state index in [2.05, 4.69) is 229 Å². The highest BCUT2D eigenvalue weighted by Crippen LogP contribution is 2.42. The third-order valence-electron chi connectivity index (χ3n) is 12.4. The molecule has 0 aliphatic carbocycles. The molecule has 3 aromatic heterocycles. The summed E-state index contributed by atoms with van der Waals surface area (Å²) in [6.07, 6.45) is 0. The van der Waals surface area contributed by atoms with E-state index in [-0.39, 0.29) is 0 Å². The van der Waals surface area contributed by atoms with Crippen LogP contribution in [0, 0.1) is 0 Å². The Morgan fingerprint density at radius 1 is 0.254 bits per heavy atom. The highest BCUT2D eigenvalue weighted by atomic mass is 15.0. The lowest BCUT2D eigenvalue weighted by atomic mass is 9.96. The number of aromatic nitrogens is 5. The van der Waals surface area contributed by atoms with Gasteiger partial charge in [-0.1, -0.05) is 200 Å². The minimum absolute atomic E-state index is 0.667. The molecule has 0 saturated carbocycles. The molecule has 314 valence electrons. The van der Waals surface area contributed by atoms with Gasteiger partial charge in [-0.25, -0.2) is 19.9 Å². The lowest BCUT2D eigenvalue weighted by Crippen LogP contribution is -1.98. The van der Waals surface area contributed by atoms with Crippen LogP contribution in [0.25, 0.3) is 118 Å². The molecule has 12 aromatic rings. The Morgan fingerprint density at radius 2 is 0.672 bits per heavy atom. The van der Waals surface area contributed by atoms with Crippen LogP contribution in [-0.2, 0) is 0 Å². The first kappa shape index (κ1) is 39.5. The Balaban J connectivity index is 1.04. The molecule has 0 spiro atoms. The van der Waals surface area contributed by atoms with E-state index >= 15 is 0 Å². The summed E-state index contributed by atoms with van der Waals surface area (Å²) >= 11 is 0. The molecule has 67 heavy (non-hydrogen) atoms. The zero-order valence-electron chi connectivity index (χ0n) is 36.4. The van der Waals surface area contributed by atoms with Crippen LogP contribution in [0.3, 0.4) is 0 Å². The van der Waals surface area contributed by atoms with E-state index in [1.807, 2.05) is 24.3 Å². The Labute approximate surface area is 389 Å². The lowest BCUT2D eigenvalue weighted by Gasteiger charge is -2.13. The fraction of sp³-hybridized carbons (Fsp3) is 0. The van der Waals surface area contributed by atoms with Crippen molar-refractivity contribution in [2.75, 3.05) is 0 Å². The number of hydrogen-bond donors (Lipinski definition) is 0. The second kappa shape index (κ2) is 17.1. The number of nitrogens with zero attached hydrogens (tertiary/aromatic N) is 5. The van der Waals surface area contributed by atoms with Gasteiger partial charge in [-0.15, -0.1) is 0 Å². The molecule has 0 unspecified atom stereocenters. The third-order valence-corrected chi connectivity index (χ3v) is 12.4. The summed E-state index contributed by atoms with van der Waals surface area (Å²) < 4.78 is 2.38. The van der Waals surface area contributed by atoms with E-state index in [0.29, 0.717) is 11.6 Å². The van der Waals surface area contributed by atoms with Crippen LogP contribution in [0.4, 0.5) is 0 Å². The van der Waals surface area contributed by atoms with Crippen LogP contribution in [0.1, 0.15) is 0 Å². The van der Waals surface area contributed by atoms with Gasteiger partial charge in [-0.05, 0) is 70.8 Å². The average molecular weight is 856 g/mol. The third kappa shape index (κ3) is 7.64. The summed E-state index contributed by atoms with van der Waals surface area (Å²) in [5.74, 6) is 1.34. The second-order valence-electron chi connectivity index (χ2n) is 16.7. The first-order valence-corrected chi connectivity index (χ1v) is 22.5. The van der Waals surface area contributed by atoms with Gasteiger partial charge in [0.05, 0.1) is 33.8 Å². The maximum atomic E-state index is 5.19. The van der Waals surface area contributed by atoms with Gasteiger partial charge in [0.25, 0.3) is 0 Å². The van der Waals surface area contributed by atoms with Gasteiger partial charge in [0, 0.05) is 49.8 Å². The summed E-state index contributed by atoms with van der Waals surface area (Å²) in [5.41, 5.74) is 17.3. The van der Waals surface area contributed by atoms with Crippen molar-refractivity contribution >= 4 is 21.8 Å². The van der Waals surface area contributed by atoms with Crippen molar-refractivity contribution in [3.8, 4) is 95.7 Å². The van der Waals surface area contributed by atoms with E-state index < -0.39 is 0 Å². The Bertz CT molecular complexity index is 3600. The molecule has 0 amide bonds. The van der Waals surface area contributed by atoms with Gasteiger partial charge in [-0.3, -0.25) is 0 Å². The van der Waals surface area contributed by atoms with Gasteiger partial charge < -0.3 is 4.57 Å². The van der Waals surface area contributed by atoms with Gasteiger partial charge in [0.2, 0.25) is 0 Å². The van der Waals surface area contributed by atoms with E-state index in [1.54, 1.807) is 0 Å². The van der Waals surface area contributed by atoms with Crippen molar-refractivity contribution in [2.45, 2.75) is 0 Å². The van der Waals surface area contributed by atoms with Crippen LogP contribution < -0.4 is 0 Å². The van der Waals surface area contributed by atoms with E-state index in [9.17, 15) is 0 Å². The second-order valence-corrected chi connectivity index (χ2v) is 16.7. The van der Waals surface area contributed by atoms with Gasteiger partial charge >= 0.3 is 0 Å². The van der Waals surface area contributed by atoms with Crippen LogP contribution in [-0.4, -0.2) is 24.5 Å². The molecular weight excluding hydrogens is 815 g/mol. The van der Waals surface area contributed by atoms with Crippen molar-refractivity contribution in [3.05, 3.63) is 249 Å². The summed E-state index contributed by atoms with van der Waals surface area (Å²) in [6.45, 7) is 0. The Kier molecular flexibility index (Phi) is 10.1. The number of fused-ring (bicyclic) bond motifs is 3. The van der Waals surface area contributed by atoms with Gasteiger partial charge in [0.15, 0.2) is 11.6 Å². The van der Waals surface area contributed by atoms with Crippen molar-refractivity contribution in [3.63, 3.8) is 0 Å². The van der Waals surface area contributed by atoms with E-state index in [0.717, 1.165) is 100 Å². The van der Waals surface area contributed by atoms with Crippen LogP contribution in [0.15, 0.2) is 249 Å².